The molecule has 1 aromatic carbocycles. The van der Waals surface area contributed by atoms with Gasteiger partial charge in [0, 0.05) is 35.0 Å². The SMILES string of the molecule is CCc1[nH]nc(C(=O)Cc2cnc3[nH]c(-c4ccc(C)cc4)cc3c2)c1C. The average molecular weight is 358 g/mol. The lowest BCUT2D eigenvalue weighted by Crippen LogP contribution is -2.06. The molecule has 5 nitrogen and oxygen atoms in total. The second-order valence-corrected chi connectivity index (χ2v) is 6.96. The molecule has 0 amide bonds. The molecule has 27 heavy (non-hydrogen) atoms. The Hall–Kier alpha value is -3.21. The highest BCUT2D eigenvalue weighted by Gasteiger charge is 2.16. The summed E-state index contributed by atoms with van der Waals surface area (Å²) in [5.41, 5.74) is 7.58. The van der Waals surface area contributed by atoms with Crippen molar-refractivity contribution in [2.75, 3.05) is 0 Å². The van der Waals surface area contributed by atoms with Crippen molar-refractivity contribution >= 4 is 16.8 Å². The number of nitrogens with one attached hydrogen (secondary N) is 2. The van der Waals surface area contributed by atoms with Gasteiger partial charge in [0.2, 0.25) is 0 Å². The molecule has 0 aliphatic carbocycles. The second-order valence-electron chi connectivity index (χ2n) is 6.96. The monoisotopic (exact) mass is 358 g/mol. The topological polar surface area (TPSA) is 74.4 Å². The maximum atomic E-state index is 12.6. The minimum atomic E-state index is 0.0129. The Morgan fingerprint density at radius 2 is 1.89 bits per heavy atom. The van der Waals surface area contributed by atoms with Gasteiger partial charge in [-0.2, -0.15) is 5.10 Å². The summed E-state index contributed by atoms with van der Waals surface area (Å²) in [5.74, 6) is 0.0129. The molecule has 2 N–H and O–H groups in total. The van der Waals surface area contributed by atoms with Gasteiger partial charge in [0.15, 0.2) is 5.78 Å². The molecule has 0 fully saturated rings. The summed E-state index contributed by atoms with van der Waals surface area (Å²) in [4.78, 5) is 20.5. The van der Waals surface area contributed by atoms with E-state index in [0.29, 0.717) is 12.1 Å². The number of carbonyl (C=O) groups excluding carboxylic acids is 1. The molecule has 0 aliphatic rings. The molecule has 0 spiro atoms. The van der Waals surface area contributed by atoms with E-state index >= 15 is 0 Å². The van der Waals surface area contributed by atoms with Crippen molar-refractivity contribution in [3.8, 4) is 11.3 Å². The van der Waals surface area contributed by atoms with Crippen molar-refractivity contribution in [1.82, 2.24) is 20.2 Å². The molecule has 3 aromatic heterocycles. The van der Waals surface area contributed by atoms with E-state index in [2.05, 4.69) is 57.4 Å². The molecule has 136 valence electrons. The van der Waals surface area contributed by atoms with E-state index in [4.69, 9.17) is 0 Å². The van der Waals surface area contributed by atoms with Crippen LogP contribution in [0.15, 0.2) is 42.6 Å². The zero-order chi connectivity index (χ0) is 19.0. The molecule has 0 unspecified atom stereocenters. The molecule has 0 atom stereocenters. The van der Waals surface area contributed by atoms with E-state index < -0.39 is 0 Å². The first-order valence-electron chi connectivity index (χ1n) is 9.17. The molecule has 0 saturated carbocycles. The third kappa shape index (κ3) is 3.28. The lowest BCUT2D eigenvalue weighted by molar-refractivity contribution is 0.0987. The van der Waals surface area contributed by atoms with E-state index in [1.54, 1.807) is 6.20 Å². The van der Waals surface area contributed by atoms with Crippen LogP contribution in [-0.4, -0.2) is 25.9 Å². The first-order valence-corrected chi connectivity index (χ1v) is 9.17. The normalized spacial score (nSPS) is 11.2. The number of nitrogens with zero attached hydrogens (tertiary/aromatic N) is 2. The summed E-state index contributed by atoms with van der Waals surface area (Å²) in [6, 6.07) is 12.5. The van der Waals surface area contributed by atoms with Gasteiger partial charge in [0.25, 0.3) is 0 Å². The number of pyridine rings is 1. The average Bonchev–Trinajstić information content (AvgIpc) is 3.25. The molecule has 4 aromatic rings. The summed E-state index contributed by atoms with van der Waals surface area (Å²) in [5, 5.41) is 8.15. The Morgan fingerprint density at radius 3 is 2.59 bits per heavy atom. The Labute approximate surface area is 157 Å². The van der Waals surface area contributed by atoms with Crippen molar-refractivity contribution in [2.45, 2.75) is 33.6 Å². The fraction of sp³-hybridized carbons (Fsp3) is 0.227. The van der Waals surface area contributed by atoms with Gasteiger partial charge in [0.1, 0.15) is 11.3 Å². The standard InChI is InChI=1S/C22H22N4O/c1-4-18-14(3)21(26-25-18)20(27)10-15-9-17-11-19(24-22(17)23-12-15)16-7-5-13(2)6-8-16/h5-9,11-12H,4,10H2,1-3H3,(H,23,24)(H,25,26). The largest absolute Gasteiger partial charge is 0.339 e. The van der Waals surface area contributed by atoms with Crippen LogP contribution < -0.4 is 0 Å². The highest BCUT2D eigenvalue weighted by Crippen LogP contribution is 2.24. The third-order valence-electron chi connectivity index (χ3n) is 4.98. The molecule has 0 bridgehead atoms. The van der Waals surface area contributed by atoms with Crippen LogP contribution >= 0.6 is 0 Å². The fourth-order valence-corrected chi connectivity index (χ4v) is 3.37. The summed E-state index contributed by atoms with van der Waals surface area (Å²) in [6.45, 7) is 6.06. The van der Waals surface area contributed by atoms with Crippen LogP contribution in [0, 0.1) is 13.8 Å². The summed E-state index contributed by atoms with van der Waals surface area (Å²) in [7, 11) is 0. The Bertz CT molecular complexity index is 1120. The Morgan fingerprint density at radius 1 is 1.11 bits per heavy atom. The number of aromatic nitrogens is 4. The van der Waals surface area contributed by atoms with Gasteiger partial charge in [-0.15, -0.1) is 0 Å². The van der Waals surface area contributed by atoms with Crippen LogP contribution in [0.1, 0.15) is 39.8 Å². The van der Waals surface area contributed by atoms with Gasteiger partial charge in [0.05, 0.1) is 0 Å². The van der Waals surface area contributed by atoms with Gasteiger partial charge in [-0.3, -0.25) is 9.89 Å². The number of Topliss-reactive ketones (excluding diaryl/α,β-unsaturated/α-hetero) is 1. The van der Waals surface area contributed by atoms with Gasteiger partial charge in [-0.05, 0) is 43.5 Å². The maximum Gasteiger partial charge on any atom is 0.187 e. The van der Waals surface area contributed by atoms with Crippen molar-refractivity contribution in [3.63, 3.8) is 0 Å². The molecule has 5 heteroatoms. The predicted octanol–water partition coefficient (Wildman–Crippen LogP) is 4.56. The highest BCUT2D eigenvalue weighted by atomic mass is 16.1. The number of aryl methyl sites for hydroxylation is 2. The van der Waals surface area contributed by atoms with E-state index in [9.17, 15) is 4.79 Å². The van der Waals surface area contributed by atoms with Crippen molar-refractivity contribution in [3.05, 3.63) is 70.7 Å². The van der Waals surface area contributed by atoms with Crippen molar-refractivity contribution in [2.24, 2.45) is 0 Å². The zero-order valence-electron chi connectivity index (χ0n) is 15.8. The second kappa shape index (κ2) is 6.83. The summed E-state index contributed by atoms with van der Waals surface area (Å²) >= 11 is 0. The minimum absolute atomic E-state index is 0.0129. The quantitative estimate of drug-likeness (QED) is 0.514. The number of aromatic amines is 2. The number of ketones is 1. The Balaban J connectivity index is 1.60. The maximum absolute atomic E-state index is 12.6. The molecule has 4 rings (SSSR count). The smallest absolute Gasteiger partial charge is 0.187 e. The van der Waals surface area contributed by atoms with Crippen LogP contribution in [0.5, 0.6) is 0 Å². The fourth-order valence-electron chi connectivity index (χ4n) is 3.37. The van der Waals surface area contributed by atoms with Crippen molar-refractivity contribution in [1.29, 1.82) is 0 Å². The van der Waals surface area contributed by atoms with E-state index in [-0.39, 0.29) is 5.78 Å². The lowest BCUT2D eigenvalue weighted by Gasteiger charge is -2.00. The number of hydrogen-bond acceptors (Lipinski definition) is 3. The van der Waals surface area contributed by atoms with Gasteiger partial charge in [-0.25, -0.2) is 4.98 Å². The van der Waals surface area contributed by atoms with Crippen LogP contribution in [-0.2, 0) is 12.8 Å². The molecule has 3 heterocycles. The number of H-pyrrole nitrogens is 2. The van der Waals surface area contributed by atoms with E-state index in [0.717, 1.165) is 45.5 Å². The molecular formula is C22H22N4O. The predicted molar refractivity (Wildman–Crippen MR) is 107 cm³/mol. The number of fused-ring (bicyclic) bond motifs is 1. The zero-order valence-corrected chi connectivity index (χ0v) is 15.8. The van der Waals surface area contributed by atoms with Gasteiger partial charge >= 0.3 is 0 Å². The van der Waals surface area contributed by atoms with Gasteiger partial charge in [-0.1, -0.05) is 36.8 Å². The third-order valence-corrected chi connectivity index (χ3v) is 4.98. The van der Waals surface area contributed by atoms with Crippen LogP contribution in [0.4, 0.5) is 0 Å². The van der Waals surface area contributed by atoms with Gasteiger partial charge < -0.3 is 4.98 Å². The molecule has 0 saturated heterocycles. The highest BCUT2D eigenvalue weighted by molar-refractivity contribution is 5.97. The van der Waals surface area contributed by atoms with Crippen LogP contribution in [0.2, 0.25) is 0 Å². The Kier molecular flexibility index (Phi) is 4.36. The number of carbonyl (C=O) groups is 1. The minimum Gasteiger partial charge on any atom is -0.339 e. The van der Waals surface area contributed by atoms with Crippen LogP contribution in [0.25, 0.3) is 22.3 Å². The van der Waals surface area contributed by atoms with E-state index in [1.807, 2.05) is 19.9 Å². The first-order chi connectivity index (χ1) is 13.0. The molecular weight excluding hydrogens is 336 g/mol. The van der Waals surface area contributed by atoms with E-state index in [1.165, 1.54) is 5.56 Å². The summed E-state index contributed by atoms with van der Waals surface area (Å²) < 4.78 is 0. The van der Waals surface area contributed by atoms with Crippen LogP contribution in [0.3, 0.4) is 0 Å². The van der Waals surface area contributed by atoms with Crippen molar-refractivity contribution < 1.29 is 4.79 Å². The first kappa shape index (κ1) is 17.2. The molecule has 0 radical (unpaired) electrons. The number of benzene rings is 1. The number of rotatable bonds is 5. The summed E-state index contributed by atoms with van der Waals surface area (Å²) in [6.07, 6.45) is 2.89. The lowest BCUT2D eigenvalue weighted by atomic mass is 10.0. The molecule has 0 aliphatic heterocycles. The number of hydrogen-bond donors (Lipinski definition) is 2.